The molecule has 0 aromatic carbocycles. The van der Waals surface area contributed by atoms with Crippen LogP contribution in [0.15, 0.2) is 10.9 Å². The molecule has 0 spiro atoms. The lowest BCUT2D eigenvalue weighted by molar-refractivity contribution is -0.203. The molecule has 116 valence electrons. The summed E-state index contributed by atoms with van der Waals surface area (Å²) in [5.74, 6) is -0.167. The Balaban J connectivity index is 2.43. The summed E-state index contributed by atoms with van der Waals surface area (Å²) in [6.07, 6.45) is -8.04. The Hall–Kier alpha value is -1.41. The Bertz CT molecular complexity index is 713. The van der Waals surface area contributed by atoms with Crippen LogP contribution >= 0.6 is 11.3 Å². The minimum atomic E-state index is -4.74. The van der Waals surface area contributed by atoms with Crippen molar-refractivity contribution in [3.8, 4) is 0 Å². The zero-order chi connectivity index (χ0) is 16.0. The van der Waals surface area contributed by atoms with Gasteiger partial charge in [0.2, 0.25) is 0 Å². The van der Waals surface area contributed by atoms with Gasteiger partial charge in [0.05, 0.1) is 5.39 Å². The van der Waals surface area contributed by atoms with E-state index in [4.69, 9.17) is 5.11 Å². The van der Waals surface area contributed by atoms with Crippen LogP contribution in [0.3, 0.4) is 0 Å². The van der Waals surface area contributed by atoms with Crippen molar-refractivity contribution in [1.29, 1.82) is 0 Å². The molecule has 0 bridgehead atoms. The highest BCUT2D eigenvalue weighted by molar-refractivity contribution is 7.18. The molecule has 0 radical (unpaired) electrons. The summed E-state index contributed by atoms with van der Waals surface area (Å²) >= 11 is 1.27. The topological polar surface area (TPSA) is 66.0 Å². The van der Waals surface area contributed by atoms with Crippen molar-refractivity contribution in [2.75, 3.05) is 0 Å². The first-order valence-electron chi connectivity index (χ1n) is 6.26. The summed E-state index contributed by atoms with van der Waals surface area (Å²) in [4.78, 5) is 19.5. The summed E-state index contributed by atoms with van der Waals surface area (Å²) < 4.78 is 37.0. The van der Waals surface area contributed by atoms with Crippen LogP contribution in [-0.4, -0.2) is 27.4 Å². The smallest absolute Gasteiger partial charge is 0.383 e. The van der Waals surface area contributed by atoms with Gasteiger partial charge in [0, 0.05) is 11.3 Å². The van der Waals surface area contributed by atoms with E-state index < -0.39 is 24.3 Å². The molecule has 0 saturated carbocycles. The van der Waals surface area contributed by atoms with E-state index in [-0.39, 0.29) is 11.2 Å². The molecule has 2 N–H and O–H groups in total. The van der Waals surface area contributed by atoms with Gasteiger partial charge in [-0.25, -0.2) is 4.98 Å². The summed E-state index contributed by atoms with van der Waals surface area (Å²) in [5, 5.41) is 9.41. The number of thiophene rings is 1. The second-order valence-electron chi connectivity index (χ2n) is 5.85. The summed E-state index contributed by atoms with van der Waals surface area (Å²) in [7, 11) is 0. The van der Waals surface area contributed by atoms with E-state index in [1.165, 1.54) is 11.3 Å². The maximum atomic E-state index is 12.3. The van der Waals surface area contributed by atoms with Gasteiger partial charge in [-0.05, 0) is 11.5 Å². The van der Waals surface area contributed by atoms with Gasteiger partial charge in [-0.15, -0.1) is 11.3 Å². The number of hydrogen-bond donors (Lipinski definition) is 2. The Morgan fingerprint density at radius 2 is 2.00 bits per heavy atom. The van der Waals surface area contributed by atoms with Crippen molar-refractivity contribution in [3.05, 3.63) is 27.1 Å². The number of hydrogen-bond acceptors (Lipinski definition) is 4. The van der Waals surface area contributed by atoms with E-state index in [1.54, 1.807) is 6.07 Å². The molecule has 0 saturated heterocycles. The van der Waals surface area contributed by atoms with Crippen molar-refractivity contribution in [3.63, 3.8) is 0 Å². The number of H-pyrrole nitrogens is 1. The van der Waals surface area contributed by atoms with Crippen molar-refractivity contribution in [2.45, 2.75) is 44.9 Å². The zero-order valence-electron chi connectivity index (χ0n) is 11.7. The third kappa shape index (κ3) is 3.44. The minimum absolute atomic E-state index is 0.167. The number of nitrogens with one attached hydrogen (secondary N) is 1. The molecule has 0 fully saturated rings. The monoisotopic (exact) mass is 320 g/mol. The molecule has 2 aromatic rings. The molecule has 8 heteroatoms. The SMILES string of the molecule is CC(C)(C)c1cc2c(=O)[nH]c(CC(O)C(F)(F)F)nc2s1. The number of fused-ring (bicyclic) bond motifs is 1. The van der Waals surface area contributed by atoms with E-state index in [9.17, 15) is 18.0 Å². The van der Waals surface area contributed by atoms with Gasteiger partial charge in [0.25, 0.3) is 5.56 Å². The van der Waals surface area contributed by atoms with Gasteiger partial charge in [0.1, 0.15) is 10.7 Å². The number of aliphatic hydroxyl groups is 1. The van der Waals surface area contributed by atoms with Crippen LogP contribution in [-0.2, 0) is 11.8 Å². The summed E-state index contributed by atoms with van der Waals surface area (Å²) in [6, 6.07) is 1.70. The third-order valence-corrected chi connectivity index (χ3v) is 4.41. The second-order valence-corrected chi connectivity index (χ2v) is 6.88. The molecule has 0 aliphatic carbocycles. The van der Waals surface area contributed by atoms with E-state index >= 15 is 0 Å². The molecule has 4 nitrogen and oxygen atoms in total. The molecule has 21 heavy (non-hydrogen) atoms. The molecule has 0 amide bonds. The predicted molar refractivity (Wildman–Crippen MR) is 74.7 cm³/mol. The lowest BCUT2D eigenvalue weighted by Crippen LogP contribution is -2.31. The third-order valence-electron chi connectivity index (χ3n) is 2.96. The fourth-order valence-electron chi connectivity index (χ4n) is 1.74. The number of nitrogens with zero attached hydrogens (tertiary/aromatic N) is 1. The van der Waals surface area contributed by atoms with Gasteiger partial charge in [0.15, 0.2) is 6.10 Å². The first-order valence-corrected chi connectivity index (χ1v) is 7.08. The van der Waals surface area contributed by atoms with Crippen LogP contribution in [0.1, 0.15) is 31.5 Å². The molecule has 1 atom stereocenters. The average molecular weight is 320 g/mol. The Morgan fingerprint density at radius 1 is 1.38 bits per heavy atom. The highest BCUT2D eigenvalue weighted by Crippen LogP contribution is 2.32. The lowest BCUT2D eigenvalue weighted by atomic mass is 9.94. The highest BCUT2D eigenvalue weighted by Gasteiger charge is 2.38. The Labute approximate surface area is 122 Å². The summed E-state index contributed by atoms with van der Waals surface area (Å²) in [5.41, 5.74) is -0.667. The second kappa shape index (κ2) is 5.10. The first kappa shape index (κ1) is 16.0. The van der Waals surface area contributed by atoms with Gasteiger partial charge in [-0.1, -0.05) is 20.8 Å². The van der Waals surface area contributed by atoms with Crippen LogP contribution in [0.25, 0.3) is 10.2 Å². The van der Waals surface area contributed by atoms with Gasteiger partial charge in [-0.2, -0.15) is 13.2 Å². The van der Waals surface area contributed by atoms with E-state index in [0.29, 0.717) is 10.2 Å². The number of rotatable bonds is 2. The molecular weight excluding hydrogens is 305 g/mol. The molecule has 0 aliphatic heterocycles. The maximum absolute atomic E-state index is 12.3. The fourth-order valence-corrected chi connectivity index (χ4v) is 2.85. The zero-order valence-corrected chi connectivity index (χ0v) is 12.5. The molecule has 2 heterocycles. The standard InChI is InChI=1S/C13H15F3N2O2S/c1-12(2,3)8-4-6-10(20)17-9(18-11(6)21-8)5-7(19)13(14,15)16/h4,7,19H,5H2,1-3H3,(H,17,18,20). The van der Waals surface area contributed by atoms with Crippen molar-refractivity contribution in [2.24, 2.45) is 0 Å². The van der Waals surface area contributed by atoms with Crippen molar-refractivity contribution in [1.82, 2.24) is 9.97 Å². The van der Waals surface area contributed by atoms with Crippen LogP contribution in [0.5, 0.6) is 0 Å². The molecule has 2 rings (SSSR count). The van der Waals surface area contributed by atoms with E-state index in [1.807, 2.05) is 20.8 Å². The van der Waals surface area contributed by atoms with Gasteiger partial charge in [-0.3, -0.25) is 4.79 Å². The first-order chi connectivity index (χ1) is 9.48. The number of aromatic nitrogens is 2. The van der Waals surface area contributed by atoms with Gasteiger partial charge < -0.3 is 10.1 Å². The predicted octanol–water partition coefficient (Wildman–Crippen LogP) is 2.75. The van der Waals surface area contributed by atoms with Crippen LogP contribution < -0.4 is 5.56 Å². The molecule has 2 aromatic heterocycles. The Morgan fingerprint density at radius 3 is 2.52 bits per heavy atom. The molecular formula is C13H15F3N2O2S. The van der Waals surface area contributed by atoms with E-state index in [0.717, 1.165) is 4.88 Å². The maximum Gasteiger partial charge on any atom is 0.414 e. The number of aromatic amines is 1. The fraction of sp³-hybridized carbons (Fsp3) is 0.538. The Kier molecular flexibility index (Phi) is 3.88. The highest BCUT2D eigenvalue weighted by atomic mass is 32.1. The number of alkyl halides is 3. The van der Waals surface area contributed by atoms with Crippen molar-refractivity contribution < 1.29 is 18.3 Å². The van der Waals surface area contributed by atoms with Crippen LogP contribution in [0.4, 0.5) is 13.2 Å². The summed E-state index contributed by atoms with van der Waals surface area (Å²) in [6.45, 7) is 5.92. The van der Waals surface area contributed by atoms with E-state index in [2.05, 4.69) is 9.97 Å². The minimum Gasteiger partial charge on any atom is -0.383 e. The molecule has 0 aliphatic rings. The molecule has 1 unspecified atom stereocenters. The van der Waals surface area contributed by atoms with Crippen molar-refractivity contribution >= 4 is 21.6 Å². The average Bonchev–Trinajstić information content (AvgIpc) is 2.71. The quantitative estimate of drug-likeness (QED) is 0.894. The largest absolute Gasteiger partial charge is 0.414 e. The number of aliphatic hydroxyl groups excluding tert-OH is 1. The normalized spacial score (nSPS) is 14.6. The van der Waals surface area contributed by atoms with Gasteiger partial charge >= 0.3 is 6.18 Å². The lowest BCUT2D eigenvalue weighted by Gasteiger charge is -2.14. The van der Waals surface area contributed by atoms with Crippen LogP contribution in [0.2, 0.25) is 0 Å². The number of halogens is 3. The van der Waals surface area contributed by atoms with Crippen LogP contribution in [0, 0.1) is 0 Å².